The van der Waals surface area contributed by atoms with E-state index in [0.717, 1.165) is 23.1 Å². The Morgan fingerprint density at radius 2 is 1.92 bits per heavy atom. The van der Waals surface area contributed by atoms with Gasteiger partial charge in [0.1, 0.15) is 11.6 Å². The van der Waals surface area contributed by atoms with E-state index in [-0.39, 0.29) is 17.6 Å². The highest BCUT2D eigenvalue weighted by Gasteiger charge is 2.22. The Morgan fingerprint density at radius 3 is 2.64 bits per heavy atom. The molecule has 0 spiro atoms. The van der Waals surface area contributed by atoms with Crippen LogP contribution in [0.1, 0.15) is 17.2 Å². The van der Waals surface area contributed by atoms with Gasteiger partial charge in [0.15, 0.2) is 0 Å². The van der Waals surface area contributed by atoms with Gasteiger partial charge in [-0.1, -0.05) is 28.1 Å². The van der Waals surface area contributed by atoms with Gasteiger partial charge in [-0.15, -0.1) is 0 Å². The molecule has 1 atom stereocenters. The van der Waals surface area contributed by atoms with Crippen LogP contribution in [-0.2, 0) is 4.74 Å². The van der Waals surface area contributed by atoms with Crippen LogP contribution in [0.15, 0.2) is 51.9 Å². The molecule has 0 radical (unpaired) electrons. The second kappa shape index (κ2) is 8.56. The second-order valence-electron chi connectivity index (χ2n) is 5.91. The lowest BCUT2D eigenvalue weighted by Gasteiger charge is -2.34. The molecule has 4 nitrogen and oxygen atoms in total. The molecule has 1 heterocycles. The quantitative estimate of drug-likeness (QED) is 0.768. The van der Waals surface area contributed by atoms with E-state index in [9.17, 15) is 9.50 Å². The normalized spacial score (nSPS) is 17.0. The summed E-state index contributed by atoms with van der Waals surface area (Å²) in [5.74, 6) is -0.0521. The fourth-order valence-corrected chi connectivity index (χ4v) is 3.26. The second-order valence-corrected chi connectivity index (χ2v) is 6.83. The maximum absolute atomic E-state index is 13.3. The molecule has 2 aromatic carbocycles. The van der Waals surface area contributed by atoms with Crippen LogP contribution in [0.3, 0.4) is 0 Å². The van der Waals surface area contributed by atoms with E-state index in [4.69, 9.17) is 4.74 Å². The highest BCUT2D eigenvalue weighted by molar-refractivity contribution is 9.10. The first-order valence-corrected chi connectivity index (χ1v) is 8.98. The Balaban J connectivity index is 1.78. The number of aliphatic imine (C=N–C) groups is 1. The molecule has 1 fully saturated rings. The summed E-state index contributed by atoms with van der Waals surface area (Å²) in [5.41, 5.74) is 1.69. The summed E-state index contributed by atoms with van der Waals surface area (Å²) >= 11 is 3.39. The van der Waals surface area contributed by atoms with Crippen LogP contribution in [0.4, 0.5) is 4.39 Å². The van der Waals surface area contributed by atoms with Gasteiger partial charge in [-0.05, 0) is 35.9 Å². The van der Waals surface area contributed by atoms with E-state index >= 15 is 0 Å². The van der Waals surface area contributed by atoms with Crippen molar-refractivity contribution in [2.24, 2.45) is 4.99 Å². The third kappa shape index (κ3) is 4.87. The molecule has 2 aromatic rings. The number of benzene rings is 2. The number of hydrogen-bond acceptors (Lipinski definition) is 4. The van der Waals surface area contributed by atoms with E-state index in [2.05, 4.69) is 25.8 Å². The van der Waals surface area contributed by atoms with Crippen LogP contribution in [0, 0.1) is 5.82 Å². The molecular formula is C19H20BrFN2O2. The number of hydrogen-bond donors (Lipinski definition) is 1. The molecule has 132 valence electrons. The van der Waals surface area contributed by atoms with Crippen molar-refractivity contribution in [3.8, 4) is 5.75 Å². The molecule has 1 saturated heterocycles. The first-order valence-electron chi connectivity index (χ1n) is 8.19. The van der Waals surface area contributed by atoms with E-state index in [0.29, 0.717) is 25.3 Å². The van der Waals surface area contributed by atoms with Crippen molar-refractivity contribution in [2.45, 2.75) is 6.04 Å². The number of nitrogens with zero attached hydrogens (tertiary/aromatic N) is 2. The van der Waals surface area contributed by atoms with Crippen molar-refractivity contribution in [3.05, 3.63) is 63.9 Å². The molecule has 0 saturated carbocycles. The van der Waals surface area contributed by atoms with E-state index < -0.39 is 0 Å². The van der Waals surface area contributed by atoms with E-state index in [1.807, 2.05) is 18.2 Å². The van der Waals surface area contributed by atoms with Crippen LogP contribution in [0.25, 0.3) is 0 Å². The zero-order valence-corrected chi connectivity index (χ0v) is 15.3. The summed E-state index contributed by atoms with van der Waals surface area (Å²) in [6, 6.07) is 11.9. The lowest BCUT2D eigenvalue weighted by atomic mass is 10.0. The summed E-state index contributed by atoms with van der Waals surface area (Å²) in [4.78, 5) is 6.84. The van der Waals surface area contributed by atoms with Crippen LogP contribution in [-0.4, -0.2) is 49.1 Å². The molecule has 1 aliphatic heterocycles. The van der Waals surface area contributed by atoms with Gasteiger partial charge in [0.05, 0.1) is 25.8 Å². The smallest absolute Gasteiger partial charge is 0.124 e. The molecule has 6 heteroatoms. The standard InChI is InChI=1S/C19H20BrFN2O2/c20-16-3-6-19(24)15(11-16)12-22-13-18(23-7-9-25-10-8-23)14-1-4-17(21)5-2-14/h1-6,11-12,18,24H,7-10,13H2/t18-/m1/s1. The third-order valence-corrected chi connectivity index (χ3v) is 4.73. The van der Waals surface area contributed by atoms with Gasteiger partial charge >= 0.3 is 0 Å². The van der Waals surface area contributed by atoms with Gasteiger partial charge in [0, 0.05) is 29.3 Å². The molecule has 3 rings (SSSR count). The van der Waals surface area contributed by atoms with Gasteiger partial charge in [0.25, 0.3) is 0 Å². The fraction of sp³-hybridized carbons (Fsp3) is 0.316. The Hall–Kier alpha value is -1.76. The van der Waals surface area contributed by atoms with Crippen molar-refractivity contribution in [1.82, 2.24) is 4.90 Å². The average Bonchev–Trinajstić information content (AvgIpc) is 2.63. The van der Waals surface area contributed by atoms with Gasteiger partial charge in [-0.3, -0.25) is 9.89 Å². The number of phenolic OH excluding ortho intramolecular Hbond substituents is 1. The number of rotatable bonds is 5. The maximum Gasteiger partial charge on any atom is 0.124 e. The summed E-state index contributed by atoms with van der Waals surface area (Å²) in [6.45, 7) is 3.54. The lowest BCUT2D eigenvalue weighted by Crippen LogP contribution is -2.40. The molecular weight excluding hydrogens is 387 g/mol. The molecule has 1 aliphatic rings. The largest absolute Gasteiger partial charge is 0.507 e. The Kier molecular flexibility index (Phi) is 6.18. The minimum absolute atomic E-state index is 0.0510. The minimum Gasteiger partial charge on any atom is -0.507 e. The monoisotopic (exact) mass is 406 g/mol. The van der Waals surface area contributed by atoms with Gasteiger partial charge in [-0.2, -0.15) is 0 Å². The van der Waals surface area contributed by atoms with Gasteiger partial charge in [-0.25, -0.2) is 4.39 Å². The van der Waals surface area contributed by atoms with Crippen LogP contribution >= 0.6 is 15.9 Å². The van der Waals surface area contributed by atoms with E-state index in [1.165, 1.54) is 12.1 Å². The number of halogens is 2. The highest BCUT2D eigenvalue weighted by Crippen LogP contribution is 2.24. The Morgan fingerprint density at radius 1 is 1.20 bits per heavy atom. The number of phenols is 1. The molecule has 1 N–H and O–H groups in total. The summed E-state index contributed by atoms with van der Waals surface area (Å²) in [6.07, 6.45) is 1.68. The topological polar surface area (TPSA) is 45.1 Å². The van der Waals surface area contributed by atoms with Crippen LogP contribution < -0.4 is 0 Å². The number of aromatic hydroxyl groups is 1. The summed E-state index contributed by atoms with van der Waals surface area (Å²) in [7, 11) is 0. The minimum atomic E-state index is -0.243. The van der Waals surface area contributed by atoms with Crippen LogP contribution in [0.2, 0.25) is 0 Å². The molecule has 0 aromatic heterocycles. The van der Waals surface area contributed by atoms with Gasteiger partial charge in [0.2, 0.25) is 0 Å². The Bertz CT molecular complexity index is 731. The van der Waals surface area contributed by atoms with Crippen molar-refractivity contribution in [2.75, 3.05) is 32.8 Å². The van der Waals surface area contributed by atoms with E-state index in [1.54, 1.807) is 18.3 Å². The first-order chi connectivity index (χ1) is 12.1. The molecule has 0 unspecified atom stereocenters. The SMILES string of the molecule is Oc1ccc(Br)cc1C=NC[C@H](c1ccc(F)cc1)N1CCOCC1. The first kappa shape index (κ1) is 18.0. The predicted octanol–water partition coefficient (Wildman–Crippen LogP) is 3.79. The zero-order chi connectivity index (χ0) is 17.6. The summed E-state index contributed by atoms with van der Waals surface area (Å²) in [5, 5.41) is 9.92. The van der Waals surface area contributed by atoms with Crippen molar-refractivity contribution in [1.29, 1.82) is 0 Å². The van der Waals surface area contributed by atoms with Crippen molar-refractivity contribution >= 4 is 22.1 Å². The third-order valence-electron chi connectivity index (χ3n) is 4.24. The lowest BCUT2D eigenvalue weighted by molar-refractivity contribution is 0.0180. The molecule has 0 bridgehead atoms. The highest BCUT2D eigenvalue weighted by atomic mass is 79.9. The molecule has 0 amide bonds. The van der Waals surface area contributed by atoms with Gasteiger partial charge < -0.3 is 9.84 Å². The van der Waals surface area contributed by atoms with Crippen molar-refractivity contribution < 1.29 is 14.2 Å². The molecule has 25 heavy (non-hydrogen) atoms. The fourth-order valence-electron chi connectivity index (χ4n) is 2.89. The zero-order valence-electron chi connectivity index (χ0n) is 13.7. The summed E-state index contributed by atoms with van der Waals surface area (Å²) < 4.78 is 19.6. The number of ether oxygens (including phenoxy) is 1. The molecule has 0 aliphatic carbocycles. The number of morpholine rings is 1. The average molecular weight is 407 g/mol. The van der Waals surface area contributed by atoms with Crippen molar-refractivity contribution in [3.63, 3.8) is 0 Å². The Labute approximate surface area is 155 Å². The predicted molar refractivity (Wildman–Crippen MR) is 99.8 cm³/mol. The van der Waals surface area contributed by atoms with Crippen LogP contribution in [0.5, 0.6) is 5.75 Å². The maximum atomic E-state index is 13.3.